The van der Waals surface area contributed by atoms with Gasteiger partial charge in [-0.25, -0.2) is 15.0 Å². The number of benzene rings is 8. The van der Waals surface area contributed by atoms with Gasteiger partial charge in [0.1, 0.15) is 5.65 Å². The molecule has 0 amide bonds. The van der Waals surface area contributed by atoms with Gasteiger partial charge in [0.05, 0.1) is 16.7 Å². The highest BCUT2D eigenvalue weighted by Crippen LogP contribution is 2.49. The molecule has 0 unspecified atom stereocenters. The van der Waals surface area contributed by atoms with Gasteiger partial charge in [0.15, 0.2) is 17.5 Å². The number of nitrogens with zero attached hydrogens (tertiary/aromatic N) is 5. The fraction of sp³-hybridized carbons (Fsp3) is 0. The summed E-state index contributed by atoms with van der Waals surface area (Å²) in [6.07, 6.45) is 0. The number of rotatable bonds is 5. The van der Waals surface area contributed by atoms with Crippen LogP contribution in [-0.4, -0.2) is 24.1 Å². The predicted octanol–water partition coefficient (Wildman–Crippen LogP) is 13.2. The smallest absolute Gasteiger partial charge is 0.164 e. The molecule has 0 spiro atoms. The molecular formula is C51H31N5S. The van der Waals surface area contributed by atoms with Crippen molar-refractivity contribution in [3.8, 4) is 56.7 Å². The minimum atomic E-state index is 0.628. The summed E-state index contributed by atoms with van der Waals surface area (Å²) < 4.78 is 4.88. The molecule has 4 heterocycles. The van der Waals surface area contributed by atoms with Crippen LogP contribution >= 0.6 is 11.8 Å². The number of para-hydroxylation sites is 3. The first-order valence-electron chi connectivity index (χ1n) is 19.1. The SMILES string of the molecule is c1ccc(-c2nc(-c3ccc(-c4ccc5ccccc5c4)cc3)nc(-c3ccc4c5c6cccc7c6n(c5n(-c5ccccc5)c4c3)-c3ccccc3S7)n2)cc1. The molecule has 0 N–H and O–H groups in total. The van der Waals surface area contributed by atoms with Gasteiger partial charge in [-0.2, -0.15) is 0 Å². The van der Waals surface area contributed by atoms with Crippen LogP contribution in [0.3, 0.4) is 0 Å². The van der Waals surface area contributed by atoms with E-state index >= 15 is 0 Å². The van der Waals surface area contributed by atoms with Gasteiger partial charge in [-0.3, -0.25) is 9.13 Å². The number of aromatic nitrogens is 5. The third kappa shape index (κ3) is 5.08. The van der Waals surface area contributed by atoms with E-state index < -0.39 is 0 Å². The van der Waals surface area contributed by atoms with Crippen molar-refractivity contribution in [2.75, 3.05) is 0 Å². The highest BCUT2D eigenvalue weighted by molar-refractivity contribution is 7.99. The van der Waals surface area contributed by atoms with E-state index in [1.54, 1.807) is 0 Å². The van der Waals surface area contributed by atoms with Crippen LogP contribution in [0.5, 0.6) is 0 Å². The minimum Gasteiger partial charge on any atom is -0.295 e. The standard InChI is InChI=1S/C51H31N5S/c1-3-13-34(14-4-1)48-52-49(35-25-22-33(23-26-35)37-27-24-32-12-7-8-15-36(32)30-37)54-50(53-48)38-28-29-40-43(31-38)55(39-16-5-2-6-17-39)51-46(40)41-18-11-21-45-47(41)56(51)42-19-9-10-20-44(42)57-45/h1-31H. The first kappa shape index (κ1) is 32.0. The topological polar surface area (TPSA) is 48.5 Å². The quantitative estimate of drug-likeness (QED) is 0.176. The molecule has 0 radical (unpaired) electrons. The van der Waals surface area contributed by atoms with Crippen LogP contribution in [-0.2, 0) is 0 Å². The van der Waals surface area contributed by atoms with Crippen LogP contribution < -0.4 is 0 Å². The van der Waals surface area contributed by atoms with Gasteiger partial charge in [0.2, 0.25) is 0 Å². The molecular weight excluding hydrogens is 715 g/mol. The Labute approximate surface area is 332 Å². The molecule has 5 nitrogen and oxygen atoms in total. The van der Waals surface area contributed by atoms with E-state index in [-0.39, 0.29) is 0 Å². The molecule has 0 saturated carbocycles. The van der Waals surface area contributed by atoms with Gasteiger partial charge >= 0.3 is 0 Å². The molecule has 12 rings (SSSR count). The van der Waals surface area contributed by atoms with Crippen molar-refractivity contribution in [2.45, 2.75) is 9.79 Å². The summed E-state index contributed by atoms with van der Waals surface area (Å²) in [5.74, 6) is 1.90. The van der Waals surface area contributed by atoms with Crippen LogP contribution in [0.2, 0.25) is 0 Å². The zero-order valence-electron chi connectivity index (χ0n) is 30.5. The Morgan fingerprint density at radius 2 is 1.00 bits per heavy atom. The lowest BCUT2D eigenvalue weighted by molar-refractivity contribution is 1.03. The zero-order valence-corrected chi connectivity index (χ0v) is 31.4. The number of hydrogen-bond acceptors (Lipinski definition) is 4. The third-order valence-electron chi connectivity index (χ3n) is 11.1. The molecule has 0 saturated heterocycles. The Bertz CT molecular complexity index is 3370. The fourth-order valence-electron chi connectivity index (χ4n) is 8.48. The van der Waals surface area contributed by atoms with E-state index in [2.05, 4.69) is 179 Å². The molecule has 8 aromatic carbocycles. The average Bonchev–Trinajstić information content (AvgIpc) is 3.80. The van der Waals surface area contributed by atoms with E-state index in [4.69, 9.17) is 15.0 Å². The third-order valence-corrected chi connectivity index (χ3v) is 12.3. The highest BCUT2D eigenvalue weighted by atomic mass is 32.2. The van der Waals surface area contributed by atoms with Crippen molar-refractivity contribution in [1.29, 1.82) is 0 Å². The molecule has 11 aromatic rings. The van der Waals surface area contributed by atoms with Gasteiger partial charge in [0, 0.05) is 48.3 Å². The van der Waals surface area contributed by atoms with Gasteiger partial charge in [0.25, 0.3) is 0 Å². The van der Waals surface area contributed by atoms with E-state index in [1.165, 1.54) is 53.5 Å². The maximum absolute atomic E-state index is 5.19. The maximum Gasteiger partial charge on any atom is 0.164 e. The number of hydrogen-bond donors (Lipinski definition) is 0. The predicted molar refractivity (Wildman–Crippen MR) is 234 cm³/mol. The summed E-state index contributed by atoms with van der Waals surface area (Å²) in [6.45, 7) is 0. The van der Waals surface area contributed by atoms with Crippen LogP contribution in [0.15, 0.2) is 198 Å². The first-order valence-corrected chi connectivity index (χ1v) is 19.9. The van der Waals surface area contributed by atoms with Crippen molar-refractivity contribution >= 4 is 55.4 Å². The molecule has 57 heavy (non-hydrogen) atoms. The maximum atomic E-state index is 5.19. The van der Waals surface area contributed by atoms with Crippen LogP contribution in [0, 0.1) is 0 Å². The van der Waals surface area contributed by atoms with Gasteiger partial charge in [-0.05, 0) is 64.4 Å². The van der Waals surface area contributed by atoms with E-state index in [0.29, 0.717) is 17.5 Å². The summed E-state index contributed by atoms with van der Waals surface area (Å²) >= 11 is 1.85. The molecule has 0 bridgehead atoms. The lowest BCUT2D eigenvalue weighted by atomic mass is 10.00. The Kier molecular flexibility index (Phi) is 7.09. The summed E-state index contributed by atoms with van der Waals surface area (Å²) in [7, 11) is 0. The second-order valence-electron chi connectivity index (χ2n) is 14.5. The Balaban J connectivity index is 1.06. The summed E-state index contributed by atoms with van der Waals surface area (Å²) in [5, 5.41) is 6.13. The molecule has 1 aliphatic rings. The Morgan fingerprint density at radius 3 is 1.81 bits per heavy atom. The molecule has 0 fully saturated rings. The van der Waals surface area contributed by atoms with Crippen molar-refractivity contribution < 1.29 is 0 Å². The van der Waals surface area contributed by atoms with Crippen molar-refractivity contribution in [2.24, 2.45) is 0 Å². The molecule has 0 atom stereocenters. The Hall–Kier alpha value is -7.28. The van der Waals surface area contributed by atoms with Crippen molar-refractivity contribution in [3.05, 3.63) is 188 Å². The second kappa shape index (κ2) is 12.6. The largest absolute Gasteiger partial charge is 0.295 e. The Morgan fingerprint density at radius 1 is 0.386 bits per heavy atom. The van der Waals surface area contributed by atoms with Crippen LogP contribution in [0.25, 0.3) is 100 Å². The monoisotopic (exact) mass is 745 g/mol. The van der Waals surface area contributed by atoms with Crippen molar-refractivity contribution in [3.63, 3.8) is 0 Å². The van der Waals surface area contributed by atoms with Crippen LogP contribution in [0.1, 0.15) is 0 Å². The fourth-order valence-corrected chi connectivity index (χ4v) is 9.58. The van der Waals surface area contributed by atoms with E-state index in [0.717, 1.165) is 39.1 Å². The lowest BCUT2D eigenvalue weighted by Crippen LogP contribution is -2.05. The van der Waals surface area contributed by atoms with Crippen LogP contribution in [0.4, 0.5) is 0 Å². The number of fused-ring (bicyclic) bond motifs is 8. The van der Waals surface area contributed by atoms with Gasteiger partial charge in [-0.15, -0.1) is 0 Å². The second-order valence-corrected chi connectivity index (χ2v) is 15.6. The summed E-state index contributed by atoms with van der Waals surface area (Å²) in [4.78, 5) is 17.9. The normalized spacial score (nSPS) is 12.1. The van der Waals surface area contributed by atoms with E-state index in [1.807, 2.05) is 30.0 Å². The summed E-state index contributed by atoms with van der Waals surface area (Å²) in [6, 6.07) is 66.6. The molecule has 1 aliphatic heterocycles. The first-order chi connectivity index (χ1) is 28.2. The average molecular weight is 746 g/mol. The van der Waals surface area contributed by atoms with Crippen molar-refractivity contribution in [1.82, 2.24) is 24.1 Å². The molecule has 6 heteroatoms. The zero-order chi connectivity index (χ0) is 37.5. The minimum absolute atomic E-state index is 0.628. The van der Waals surface area contributed by atoms with Gasteiger partial charge in [-0.1, -0.05) is 157 Å². The highest BCUT2D eigenvalue weighted by Gasteiger charge is 2.28. The van der Waals surface area contributed by atoms with E-state index in [9.17, 15) is 0 Å². The summed E-state index contributed by atoms with van der Waals surface area (Å²) in [5.41, 5.74) is 10.9. The molecule has 3 aromatic heterocycles. The van der Waals surface area contributed by atoms with Gasteiger partial charge < -0.3 is 0 Å². The lowest BCUT2D eigenvalue weighted by Gasteiger charge is -2.21. The molecule has 0 aliphatic carbocycles. The molecule has 266 valence electrons.